The van der Waals surface area contributed by atoms with Gasteiger partial charge in [0, 0.05) is 34.1 Å². The Morgan fingerprint density at radius 2 is 1.59 bits per heavy atom. The number of nitrogens with zero attached hydrogens (tertiary/aromatic N) is 1. The van der Waals surface area contributed by atoms with Gasteiger partial charge in [-0.2, -0.15) is 0 Å². The molecule has 0 radical (unpaired) electrons. The summed E-state index contributed by atoms with van der Waals surface area (Å²) >= 11 is 18.8. The van der Waals surface area contributed by atoms with Gasteiger partial charge in [-0.1, -0.05) is 71.2 Å². The molecule has 1 atom stereocenters. The van der Waals surface area contributed by atoms with Gasteiger partial charge in [0.15, 0.2) is 6.61 Å². The van der Waals surface area contributed by atoms with Crippen molar-refractivity contribution in [2.45, 2.75) is 52.7 Å². The third kappa shape index (κ3) is 8.13. The first-order valence-electron chi connectivity index (χ1n) is 12.0. The molecule has 196 valence electrons. The van der Waals surface area contributed by atoms with Crippen molar-refractivity contribution in [1.29, 1.82) is 0 Å². The summed E-state index contributed by atoms with van der Waals surface area (Å²) in [7, 11) is 0. The summed E-state index contributed by atoms with van der Waals surface area (Å²) in [5.41, 5.74) is 3.31. The maximum absolute atomic E-state index is 13.7. The van der Waals surface area contributed by atoms with Crippen molar-refractivity contribution in [3.8, 4) is 5.75 Å². The number of halogens is 3. The van der Waals surface area contributed by atoms with Crippen molar-refractivity contribution in [3.05, 3.63) is 98.0 Å². The molecule has 2 amide bonds. The molecule has 0 aliphatic rings. The van der Waals surface area contributed by atoms with E-state index in [0.717, 1.165) is 16.7 Å². The van der Waals surface area contributed by atoms with Crippen molar-refractivity contribution in [2.75, 3.05) is 6.61 Å². The zero-order valence-corrected chi connectivity index (χ0v) is 23.6. The molecule has 0 aliphatic heterocycles. The molecule has 0 saturated heterocycles. The number of aryl methyl sites for hydroxylation is 2. The first-order chi connectivity index (χ1) is 17.5. The van der Waals surface area contributed by atoms with E-state index in [1.54, 1.807) is 30.3 Å². The lowest BCUT2D eigenvalue weighted by Crippen LogP contribution is -2.52. The van der Waals surface area contributed by atoms with Crippen LogP contribution in [0.5, 0.6) is 5.75 Å². The molecule has 0 spiro atoms. The number of carbonyl (C=O) groups excluding carboxylic acids is 2. The summed E-state index contributed by atoms with van der Waals surface area (Å²) in [4.78, 5) is 28.6. The lowest BCUT2D eigenvalue weighted by molar-refractivity contribution is -0.143. The minimum absolute atomic E-state index is 0.0990. The number of rotatable bonds is 10. The van der Waals surface area contributed by atoms with Crippen molar-refractivity contribution in [3.63, 3.8) is 0 Å². The second-order valence-corrected chi connectivity index (χ2v) is 10.5. The van der Waals surface area contributed by atoms with Gasteiger partial charge in [0.25, 0.3) is 5.91 Å². The molecule has 1 N–H and O–H groups in total. The van der Waals surface area contributed by atoms with Gasteiger partial charge in [-0.15, -0.1) is 0 Å². The third-order valence-corrected chi connectivity index (χ3v) is 7.01. The summed E-state index contributed by atoms with van der Waals surface area (Å²) in [6.07, 6.45) is 0.329. The molecule has 0 bridgehead atoms. The molecular weight excluding hydrogens is 531 g/mol. The second-order valence-electron chi connectivity index (χ2n) is 9.29. The fourth-order valence-electron chi connectivity index (χ4n) is 3.99. The molecule has 5 nitrogen and oxygen atoms in total. The predicted octanol–water partition coefficient (Wildman–Crippen LogP) is 6.81. The van der Waals surface area contributed by atoms with E-state index in [1.165, 1.54) is 4.90 Å². The van der Waals surface area contributed by atoms with Crippen LogP contribution in [0.4, 0.5) is 0 Å². The number of nitrogens with one attached hydrogen (secondary N) is 1. The number of carbonyl (C=O) groups is 2. The maximum atomic E-state index is 13.7. The number of hydrogen-bond donors (Lipinski definition) is 1. The van der Waals surface area contributed by atoms with Gasteiger partial charge in [0.05, 0.1) is 0 Å². The Labute approximate surface area is 233 Å². The highest BCUT2D eigenvalue weighted by Crippen LogP contribution is 2.27. The van der Waals surface area contributed by atoms with E-state index in [2.05, 4.69) is 5.32 Å². The number of amides is 2. The average molecular weight is 562 g/mol. The van der Waals surface area contributed by atoms with Crippen LogP contribution < -0.4 is 10.1 Å². The van der Waals surface area contributed by atoms with Crippen molar-refractivity contribution >= 4 is 46.6 Å². The topological polar surface area (TPSA) is 58.6 Å². The molecule has 0 heterocycles. The standard InChI is InChI=1S/C29H31Cl3N2O3/c1-18(2)33-29(36)26(14-21-8-6-5-7-9-21)34(16-22-10-11-23(30)15-25(22)31)27(35)17-37-24-12-19(3)28(32)20(4)13-24/h5-13,15,18,26H,14,16-17H2,1-4H3,(H,33,36)/t26-/m1/s1. The van der Waals surface area contributed by atoms with Crippen LogP contribution in [0.15, 0.2) is 60.7 Å². The summed E-state index contributed by atoms with van der Waals surface area (Å²) in [5, 5.41) is 4.52. The fraction of sp³-hybridized carbons (Fsp3) is 0.310. The Morgan fingerprint density at radius 1 is 0.946 bits per heavy atom. The quantitative estimate of drug-likeness (QED) is 0.296. The van der Waals surface area contributed by atoms with Crippen LogP contribution in [0.25, 0.3) is 0 Å². The summed E-state index contributed by atoms with van der Waals surface area (Å²) < 4.78 is 5.88. The predicted molar refractivity (Wildman–Crippen MR) is 151 cm³/mol. The minimum atomic E-state index is -0.790. The lowest BCUT2D eigenvalue weighted by Gasteiger charge is -2.32. The van der Waals surface area contributed by atoms with Gasteiger partial charge < -0.3 is 15.0 Å². The fourth-order valence-corrected chi connectivity index (χ4v) is 4.56. The van der Waals surface area contributed by atoms with E-state index in [4.69, 9.17) is 39.5 Å². The van der Waals surface area contributed by atoms with Crippen LogP contribution in [0.1, 0.15) is 36.1 Å². The zero-order chi connectivity index (χ0) is 27.1. The van der Waals surface area contributed by atoms with Crippen molar-refractivity contribution in [2.24, 2.45) is 0 Å². The van der Waals surface area contributed by atoms with Crippen LogP contribution >= 0.6 is 34.8 Å². The van der Waals surface area contributed by atoms with Gasteiger partial charge in [0.1, 0.15) is 11.8 Å². The number of hydrogen-bond acceptors (Lipinski definition) is 3. The van der Waals surface area contributed by atoms with Crippen molar-refractivity contribution in [1.82, 2.24) is 10.2 Å². The molecule has 0 saturated carbocycles. The largest absolute Gasteiger partial charge is 0.484 e. The van der Waals surface area contributed by atoms with Crippen LogP contribution in [-0.4, -0.2) is 35.4 Å². The van der Waals surface area contributed by atoms with Crippen LogP contribution in [-0.2, 0) is 22.6 Å². The highest BCUT2D eigenvalue weighted by molar-refractivity contribution is 6.35. The van der Waals surface area contributed by atoms with E-state index >= 15 is 0 Å². The second kappa shape index (κ2) is 13.2. The molecule has 37 heavy (non-hydrogen) atoms. The first-order valence-corrected chi connectivity index (χ1v) is 13.2. The van der Waals surface area contributed by atoms with Gasteiger partial charge >= 0.3 is 0 Å². The van der Waals surface area contributed by atoms with Crippen LogP contribution in [0.3, 0.4) is 0 Å². The van der Waals surface area contributed by atoms with Gasteiger partial charge in [-0.25, -0.2) is 0 Å². The minimum Gasteiger partial charge on any atom is -0.484 e. The zero-order valence-electron chi connectivity index (χ0n) is 21.4. The van der Waals surface area contributed by atoms with Gasteiger partial charge in [-0.3, -0.25) is 9.59 Å². The van der Waals surface area contributed by atoms with Crippen LogP contribution in [0, 0.1) is 13.8 Å². The number of benzene rings is 3. The molecule has 0 aromatic heterocycles. The Hall–Kier alpha value is -2.73. The summed E-state index contributed by atoms with van der Waals surface area (Å²) in [5.74, 6) is -0.0740. The van der Waals surface area contributed by atoms with E-state index in [-0.39, 0.29) is 31.0 Å². The molecule has 3 rings (SSSR count). The Morgan fingerprint density at radius 3 is 2.19 bits per heavy atom. The molecule has 0 fully saturated rings. The monoisotopic (exact) mass is 560 g/mol. The van der Waals surface area contributed by atoms with E-state index in [9.17, 15) is 9.59 Å². The molecule has 8 heteroatoms. The lowest BCUT2D eigenvalue weighted by atomic mass is 10.0. The maximum Gasteiger partial charge on any atom is 0.261 e. The van der Waals surface area contributed by atoms with E-state index < -0.39 is 6.04 Å². The Kier molecular flexibility index (Phi) is 10.3. The normalized spacial score (nSPS) is 11.8. The molecular formula is C29H31Cl3N2O3. The summed E-state index contributed by atoms with van der Waals surface area (Å²) in [6.45, 7) is 7.38. The molecule has 0 aliphatic carbocycles. The highest BCUT2D eigenvalue weighted by Gasteiger charge is 2.31. The molecule has 0 unspecified atom stereocenters. The average Bonchev–Trinajstić information content (AvgIpc) is 2.84. The van der Waals surface area contributed by atoms with Gasteiger partial charge in [-0.05, 0) is 74.2 Å². The third-order valence-electron chi connectivity index (χ3n) is 5.83. The number of ether oxygens (including phenoxy) is 1. The van der Waals surface area contributed by atoms with Crippen LogP contribution in [0.2, 0.25) is 15.1 Å². The summed E-state index contributed by atoms with van der Waals surface area (Å²) in [6, 6.07) is 17.4. The smallest absolute Gasteiger partial charge is 0.261 e. The van der Waals surface area contributed by atoms with E-state index in [1.807, 2.05) is 58.0 Å². The van der Waals surface area contributed by atoms with Crippen molar-refractivity contribution < 1.29 is 14.3 Å². The Bertz CT molecular complexity index is 1230. The molecule has 3 aromatic carbocycles. The first kappa shape index (κ1) is 28.8. The highest BCUT2D eigenvalue weighted by atomic mass is 35.5. The van der Waals surface area contributed by atoms with Gasteiger partial charge in [0.2, 0.25) is 5.91 Å². The Balaban J connectivity index is 1.95. The van der Waals surface area contributed by atoms with E-state index in [0.29, 0.717) is 32.8 Å². The molecule has 3 aromatic rings. The SMILES string of the molecule is Cc1cc(OCC(=O)N(Cc2ccc(Cl)cc2Cl)[C@H](Cc2ccccc2)C(=O)NC(C)C)cc(C)c1Cl.